The summed E-state index contributed by atoms with van der Waals surface area (Å²) in [7, 11) is 0. The number of nitrogens with zero attached hydrogens (tertiary/aromatic N) is 2. The quantitative estimate of drug-likeness (QED) is 0.323. The van der Waals surface area contributed by atoms with Crippen LogP contribution >= 0.6 is 55.1 Å². The zero-order chi connectivity index (χ0) is 21.7. The average molecular weight is 571 g/mol. The van der Waals surface area contributed by atoms with Crippen LogP contribution in [-0.2, 0) is 0 Å². The van der Waals surface area contributed by atoms with Crippen LogP contribution in [0.5, 0.6) is 0 Å². The van der Waals surface area contributed by atoms with Gasteiger partial charge in [0.05, 0.1) is 24.0 Å². The number of aromatic amines is 2. The second kappa shape index (κ2) is 10.2. The third-order valence-electron chi connectivity index (χ3n) is 3.77. The molecule has 0 saturated heterocycles. The molecule has 0 spiro atoms. The fraction of sp³-hybridized carbons (Fsp3) is 0. The molecule has 2 N–H and O–H groups in total. The van der Waals surface area contributed by atoms with Gasteiger partial charge in [-0.25, -0.2) is 9.97 Å². The molecule has 2 aromatic carbocycles. The van der Waals surface area contributed by atoms with Crippen LogP contribution in [0.3, 0.4) is 0 Å². The summed E-state index contributed by atoms with van der Waals surface area (Å²) in [4.78, 5) is 35.3. The molecule has 2 aromatic heterocycles. The molecule has 0 atom stereocenters. The third-order valence-corrected chi connectivity index (χ3v) is 5.62. The number of aromatic nitrogens is 4. The van der Waals surface area contributed by atoms with Crippen LogP contribution in [0, 0.1) is 0 Å². The van der Waals surface area contributed by atoms with Gasteiger partial charge in [-0.3, -0.25) is 9.59 Å². The van der Waals surface area contributed by atoms with Crippen LogP contribution in [0.4, 0.5) is 0 Å². The number of halogens is 4. The van der Waals surface area contributed by atoms with E-state index in [4.69, 9.17) is 23.2 Å². The highest BCUT2D eigenvalue weighted by Gasteiger charge is 2.06. The Morgan fingerprint density at radius 2 is 1.07 bits per heavy atom. The topological polar surface area (TPSA) is 91.5 Å². The van der Waals surface area contributed by atoms with Crippen molar-refractivity contribution in [3.63, 3.8) is 0 Å². The van der Waals surface area contributed by atoms with Gasteiger partial charge in [-0.15, -0.1) is 0 Å². The van der Waals surface area contributed by atoms with E-state index in [1.54, 1.807) is 24.3 Å². The Bertz CT molecular complexity index is 1210. The highest BCUT2D eigenvalue weighted by molar-refractivity contribution is 9.11. The Balaban J connectivity index is 0.000000171. The summed E-state index contributed by atoms with van der Waals surface area (Å²) in [6, 6.07) is 13.5. The van der Waals surface area contributed by atoms with Crippen molar-refractivity contribution in [1.29, 1.82) is 0 Å². The summed E-state index contributed by atoms with van der Waals surface area (Å²) in [6.07, 6.45) is 2.73. The molecule has 0 fully saturated rings. The molecule has 0 saturated carbocycles. The van der Waals surface area contributed by atoms with E-state index in [1.807, 2.05) is 12.1 Å². The summed E-state index contributed by atoms with van der Waals surface area (Å²) < 4.78 is 1.70. The second-order valence-electron chi connectivity index (χ2n) is 5.84. The molecule has 2 heterocycles. The number of hydrogen-bond donors (Lipinski definition) is 2. The molecule has 0 aliphatic heterocycles. The van der Waals surface area contributed by atoms with Crippen molar-refractivity contribution in [2.24, 2.45) is 0 Å². The van der Waals surface area contributed by atoms with Crippen LogP contribution in [0.25, 0.3) is 22.5 Å². The van der Waals surface area contributed by atoms with Gasteiger partial charge in [-0.2, -0.15) is 0 Å². The highest BCUT2D eigenvalue weighted by Crippen LogP contribution is 2.29. The molecule has 0 aliphatic rings. The van der Waals surface area contributed by atoms with Crippen LogP contribution in [0.1, 0.15) is 0 Å². The molecular weight excluding hydrogens is 559 g/mol. The van der Waals surface area contributed by atoms with Crippen LogP contribution in [0.2, 0.25) is 10.0 Å². The van der Waals surface area contributed by atoms with Crippen LogP contribution in [-0.4, -0.2) is 19.9 Å². The van der Waals surface area contributed by atoms with Crippen molar-refractivity contribution >= 4 is 55.1 Å². The molecule has 4 rings (SSSR count). The number of H-pyrrole nitrogens is 2. The zero-order valence-electron chi connectivity index (χ0n) is 15.0. The molecule has 152 valence electrons. The fourth-order valence-electron chi connectivity index (χ4n) is 2.42. The first-order valence-corrected chi connectivity index (χ1v) is 10.7. The molecule has 0 aliphatic carbocycles. The highest BCUT2D eigenvalue weighted by atomic mass is 79.9. The van der Waals surface area contributed by atoms with Gasteiger partial charge in [0.2, 0.25) is 0 Å². The van der Waals surface area contributed by atoms with E-state index >= 15 is 0 Å². The molecule has 0 amide bonds. The van der Waals surface area contributed by atoms with Gasteiger partial charge >= 0.3 is 0 Å². The van der Waals surface area contributed by atoms with Gasteiger partial charge < -0.3 is 9.97 Å². The van der Waals surface area contributed by atoms with E-state index in [9.17, 15) is 9.59 Å². The molecule has 6 nitrogen and oxygen atoms in total. The minimum absolute atomic E-state index is 0.188. The van der Waals surface area contributed by atoms with Crippen molar-refractivity contribution in [1.82, 2.24) is 19.9 Å². The van der Waals surface area contributed by atoms with Gasteiger partial charge in [0.15, 0.2) is 0 Å². The minimum Gasteiger partial charge on any atom is -0.313 e. The molecule has 0 unspecified atom stereocenters. The predicted octanol–water partition coefficient (Wildman–Crippen LogP) is 5.71. The monoisotopic (exact) mass is 568 g/mol. The molecule has 0 bridgehead atoms. The number of hydrogen-bond acceptors (Lipinski definition) is 4. The van der Waals surface area contributed by atoms with E-state index in [0.29, 0.717) is 21.4 Å². The SMILES string of the molecule is O=c1cc(-c2cc(Cl)ccc2Br)nc[nH]1.O=c1cc(-c2cc(Cl)ccc2Br)nc[nH]1. The lowest BCUT2D eigenvalue weighted by molar-refractivity contribution is 1.12. The molecule has 0 radical (unpaired) electrons. The second-order valence-corrected chi connectivity index (χ2v) is 8.42. The van der Waals surface area contributed by atoms with Crippen molar-refractivity contribution in [3.8, 4) is 22.5 Å². The Hall–Kier alpha value is -2.26. The predicted molar refractivity (Wildman–Crippen MR) is 126 cm³/mol. The maximum atomic E-state index is 11.1. The van der Waals surface area contributed by atoms with Crippen molar-refractivity contribution in [2.75, 3.05) is 0 Å². The largest absolute Gasteiger partial charge is 0.313 e. The first kappa shape index (κ1) is 22.4. The number of nitrogens with one attached hydrogen (secondary N) is 2. The van der Waals surface area contributed by atoms with Gasteiger partial charge in [-0.1, -0.05) is 55.1 Å². The van der Waals surface area contributed by atoms with Gasteiger partial charge in [0.25, 0.3) is 11.1 Å². The van der Waals surface area contributed by atoms with E-state index in [1.165, 1.54) is 24.8 Å². The maximum Gasteiger partial charge on any atom is 0.251 e. The third kappa shape index (κ3) is 5.89. The minimum atomic E-state index is -0.188. The van der Waals surface area contributed by atoms with E-state index in [0.717, 1.165) is 20.1 Å². The van der Waals surface area contributed by atoms with Gasteiger partial charge in [0.1, 0.15) is 0 Å². The smallest absolute Gasteiger partial charge is 0.251 e. The maximum absolute atomic E-state index is 11.1. The van der Waals surface area contributed by atoms with Crippen LogP contribution in [0.15, 0.2) is 79.7 Å². The Labute approximate surface area is 197 Å². The summed E-state index contributed by atoms with van der Waals surface area (Å²) >= 11 is 18.5. The molecular formula is C20H12Br2Cl2N4O2. The van der Waals surface area contributed by atoms with E-state index in [-0.39, 0.29) is 11.1 Å². The average Bonchev–Trinajstić information content (AvgIpc) is 2.72. The Morgan fingerprint density at radius 1 is 0.667 bits per heavy atom. The van der Waals surface area contributed by atoms with Crippen molar-refractivity contribution in [3.05, 3.63) is 101 Å². The van der Waals surface area contributed by atoms with Gasteiger partial charge in [0, 0.05) is 42.3 Å². The first-order chi connectivity index (χ1) is 14.3. The number of benzene rings is 2. The summed E-state index contributed by atoms with van der Waals surface area (Å²) in [5.41, 5.74) is 2.40. The fourth-order valence-corrected chi connectivity index (χ4v) is 3.66. The van der Waals surface area contributed by atoms with Gasteiger partial charge in [-0.05, 0) is 36.4 Å². The Morgan fingerprint density at radius 3 is 1.43 bits per heavy atom. The molecule has 10 heteroatoms. The summed E-state index contributed by atoms with van der Waals surface area (Å²) in [6.45, 7) is 0. The van der Waals surface area contributed by atoms with Crippen molar-refractivity contribution < 1.29 is 0 Å². The van der Waals surface area contributed by atoms with E-state index < -0.39 is 0 Å². The zero-order valence-corrected chi connectivity index (χ0v) is 19.7. The van der Waals surface area contributed by atoms with Crippen LogP contribution < -0.4 is 11.1 Å². The lowest BCUT2D eigenvalue weighted by atomic mass is 10.1. The summed E-state index contributed by atoms with van der Waals surface area (Å²) in [5.74, 6) is 0. The normalized spacial score (nSPS) is 10.3. The van der Waals surface area contributed by atoms with E-state index in [2.05, 4.69) is 51.8 Å². The van der Waals surface area contributed by atoms with Crippen molar-refractivity contribution in [2.45, 2.75) is 0 Å². The Kier molecular flexibility index (Phi) is 7.60. The molecule has 4 aromatic rings. The first-order valence-electron chi connectivity index (χ1n) is 8.34. The number of rotatable bonds is 2. The lowest BCUT2D eigenvalue weighted by Crippen LogP contribution is -2.04. The standard InChI is InChI=1S/2C10H6BrClN2O/c2*11-8-2-1-6(12)3-7(8)9-4-10(15)14-5-13-9/h2*1-5H,(H,13,14,15). The summed E-state index contributed by atoms with van der Waals surface area (Å²) in [5, 5.41) is 1.21. The molecule has 30 heavy (non-hydrogen) atoms. The lowest BCUT2D eigenvalue weighted by Gasteiger charge is -2.03.